The zero-order valence-corrected chi connectivity index (χ0v) is 11.6. The molecule has 0 spiro atoms. The number of carbonyl (C=O) groups is 1. The lowest BCUT2D eigenvalue weighted by molar-refractivity contribution is 0.00335. The normalized spacial score (nSPS) is 20.0. The van der Waals surface area contributed by atoms with Crippen molar-refractivity contribution in [1.29, 1.82) is 0 Å². The van der Waals surface area contributed by atoms with Gasteiger partial charge in [-0.15, -0.1) is 0 Å². The van der Waals surface area contributed by atoms with Gasteiger partial charge in [0.25, 0.3) is 0 Å². The lowest BCUT2D eigenvalue weighted by atomic mass is 10.1. The Morgan fingerprint density at radius 1 is 1.55 bits per heavy atom. The zero-order chi connectivity index (χ0) is 14.5. The van der Waals surface area contributed by atoms with Gasteiger partial charge in [-0.05, 0) is 44.5 Å². The van der Waals surface area contributed by atoms with Crippen LogP contribution in [-0.2, 0) is 11.3 Å². The predicted molar refractivity (Wildman–Crippen MR) is 73.3 cm³/mol. The molecule has 1 N–H and O–H groups in total. The molecule has 0 bridgehead atoms. The Morgan fingerprint density at radius 2 is 2.35 bits per heavy atom. The Labute approximate surface area is 118 Å². The molecular formula is C15H20FNO3. The molecule has 1 unspecified atom stereocenters. The van der Waals surface area contributed by atoms with E-state index >= 15 is 0 Å². The first-order valence-corrected chi connectivity index (χ1v) is 6.95. The fraction of sp³-hybridized carbons (Fsp3) is 0.533. The Bertz CT molecular complexity index is 476. The second kappa shape index (κ2) is 6.81. The highest BCUT2D eigenvalue weighted by Gasteiger charge is 2.21. The Morgan fingerprint density at radius 3 is 3.05 bits per heavy atom. The molecule has 20 heavy (non-hydrogen) atoms. The monoisotopic (exact) mass is 281 g/mol. The van der Waals surface area contributed by atoms with E-state index in [1.54, 1.807) is 0 Å². The minimum absolute atomic E-state index is 0.125. The highest BCUT2D eigenvalue weighted by Crippen LogP contribution is 2.18. The van der Waals surface area contributed by atoms with Crippen LogP contribution in [0.5, 0.6) is 0 Å². The maximum atomic E-state index is 13.8. The smallest absolute Gasteiger partial charge is 0.335 e. The quantitative estimate of drug-likeness (QED) is 0.901. The van der Waals surface area contributed by atoms with Gasteiger partial charge < -0.3 is 9.84 Å². The van der Waals surface area contributed by atoms with Crippen molar-refractivity contribution < 1.29 is 19.0 Å². The molecule has 1 aliphatic heterocycles. The number of aromatic carboxylic acids is 1. The zero-order valence-electron chi connectivity index (χ0n) is 11.6. The first kappa shape index (κ1) is 14.9. The number of benzene rings is 1. The van der Waals surface area contributed by atoms with Crippen LogP contribution in [0.3, 0.4) is 0 Å². The molecule has 0 amide bonds. The first-order chi connectivity index (χ1) is 9.60. The van der Waals surface area contributed by atoms with E-state index in [1.165, 1.54) is 18.2 Å². The number of halogens is 1. The van der Waals surface area contributed by atoms with Crippen LogP contribution in [0.15, 0.2) is 18.2 Å². The van der Waals surface area contributed by atoms with E-state index in [-0.39, 0.29) is 17.5 Å². The summed E-state index contributed by atoms with van der Waals surface area (Å²) in [7, 11) is 0. The maximum Gasteiger partial charge on any atom is 0.335 e. The number of carboxylic acids is 1. The van der Waals surface area contributed by atoms with Gasteiger partial charge in [0.05, 0.1) is 11.7 Å². The van der Waals surface area contributed by atoms with E-state index in [2.05, 4.69) is 4.90 Å². The lowest BCUT2D eigenvalue weighted by Crippen LogP contribution is -2.39. The van der Waals surface area contributed by atoms with Crippen LogP contribution in [0.2, 0.25) is 0 Å². The van der Waals surface area contributed by atoms with Crippen molar-refractivity contribution >= 4 is 5.97 Å². The van der Waals surface area contributed by atoms with E-state index in [9.17, 15) is 9.18 Å². The summed E-state index contributed by atoms with van der Waals surface area (Å²) in [5, 5.41) is 8.96. The molecule has 5 heteroatoms. The molecular weight excluding hydrogens is 261 g/mol. The molecule has 1 aromatic carbocycles. The van der Waals surface area contributed by atoms with E-state index in [0.29, 0.717) is 18.7 Å². The van der Waals surface area contributed by atoms with E-state index in [1.807, 2.05) is 6.92 Å². The van der Waals surface area contributed by atoms with Crippen molar-refractivity contribution in [1.82, 2.24) is 4.90 Å². The number of nitrogens with zero attached hydrogens (tertiary/aromatic N) is 1. The fourth-order valence-electron chi connectivity index (χ4n) is 2.60. The van der Waals surface area contributed by atoms with Gasteiger partial charge in [0.1, 0.15) is 5.82 Å². The Kier molecular flexibility index (Phi) is 5.09. The fourth-order valence-corrected chi connectivity index (χ4v) is 2.60. The molecule has 0 saturated carbocycles. The third kappa shape index (κ3) is 3.77. The van der Waals surface area contributed by atoms with Crippen LogP contribution in [0.4, 0.5) is 4.39 Å². The Balaban J connectivity index is 2.05. The molecule has 0 aliphatic carbocycles. The van der Waals surface area contributed by atoms with Crippen molar-refractivity contribution in [2.24, 2.45) is 0 Å². The number of piperidine rings is 1. The van der Waals surface area contributed by atoms with Gasteiger partial charge in [-0.2, -0.15) is 0 Å². The van der Waals surface area contributed by atoms with Crippen LogP contribution in [0.25, 0.3) is 0 Å². The topological polar surface area (TPSA) is 49.8 Å². The number of carboxylic acid groups (broad SMARTS) is 1. The van der Waals surface area contributed by atoms with Gasteiger partial charge in [0, 0.05) is 25.3 Å². The maximum absolute atomic E-state index is 13.8. The number of ether oxygens (including phenoxy) is 1. The van der Waals surface area contributed by atoms with Gasteiger partial charge >= 0.3 is 5.97 Å². The summed E-state index contributed by atoms with van der Waals surface area (Å²) in [4.78, 5) is 13.1. The molecule has 110 valence electrons. The molecule has 4 nitrogen and oxygen atoms in total. The van der Waals surface area contributed by atoms with Crippen molar-refractivity contribution in [2.45, 2.75) is 32.4 Å². The van der Waals surface area contributed by atoms with Crippen LogP contribution < -0.4 is 0 Å². The van der Waals surface area contributed by atoms with Crippen LogP contribution >= 0.6 is 0 Å². The summed E-state index contributed by atoms with van der Waals surface area (Å²) in [5.41, 5.74) is 0.557. The number of hydrogen-bond acceptors (Lipinski definition) is 3. The minimum Gasteiger partial charge on any atom is -0.478 e. The third-order valence-electron chi connectivity index (χ3n) is 3.55. The third-order valence-corrected chi connectivity index (χ3v) is 3.55. The predicted octanol–water partition coefficient (Wildman–Crippen LogP) is 2.52. The van der Waals surface area contributed by atoms with Crippen LogP contribution in [0, 0.1) is 5.82 Å². The molecule has 0 aromatic heterocycles. The highest BCUT2D eigenvalue weighted by atomic mass is 19.1. The molecule has 1 aromatic rings. The average molecular weight is 281 g/mol. The highest BCUT2D eigenvalue weighted by molar-refractivity contribution is 5.87. The van der Waals surface area contributed by atoms with E-state index in [4.69, 9.17) is 9.84 Å². The van der Waals surface area contributed by atoms with Gasteiger partial charge in [0.2, 0.25) is 0 Å². The van der Waals surface area contributed by atoms with Crippen molar-refractivity contribution in [2.75, 3.05) is 19.7 Å². The van der Waals surface area contributed by atoms with Crippen molar-refractivity contribution in [3.63, 3.8) is 0 Å². The van der Waals surface area contributed by atoms with Gasteiger partial charge in [-0.25, -0.2) is 9.18 Å². The molecule has 1 saturated heterocycles. The summed E-state index contributed by atoms with van der Waals surface area (Å²) < 4.78 is 19.4. The number of hydrogen-bond donors (Lipinski definition) is 1. The standard InChI is InChI=1S/C15H20FNO3/c1-2-20-13-4-3-7-17(10-13)9-12-8-11(15(18)19)5-6-14(12)16/h5-6,8,13H,2-4,7,9-10H2,1H3,(H,18,19). The summed E-state index contributed by atoms with van der Waals surface area (Å²) in [6, 6.07) is 3.94. The van der Waals surface area contributed by atoms with E-state index in [0.717, 1.165) is 25.9 Å². The lowest BCUT2D eigenvalue weighted by Gasteiger charge is -2.32. The van der Waals surface area contributed by atoms with Gasteiger partial charge in [-0.1, -0.05) is 0 Å². The number of likely N-dealkylation sites (tertiary alicyclic amines) is 1. The second-order valence-corrected chi connectivity index (χ2v) is 5.07. The molecule has 2 rings (SSSR count). The Hall–Kier alpha value is -1.46. The number of rotatable bonds is 5. The summed E-state index contributed by atoms with van der Waals surface area (Å²) >= 11 is 0. The first-order valence-electron chi connectivity index (χ1n) is 6.95. The molecule has 0 radical (unpaired) electrons. The molecule has 1 heterocycles. The van der Waals surface area contributed by atoms with Crippen molar-refractivity contribution in [3.8, 4) is 0 Å². The second-order valence-electron chi connectivity index (χ2n) is 5.07. The largest absolute Gasteiger partial charge is 0.478 e. The van der Waals surface area contributed by atoms with Gasteiger partial charge in [-0.3, -0.25) is 4.90 Å². The van der Waals surface area contributed by atoms with Crippen LogP contribution in [0.1, 0.15) is 35.7 Å². The molecule has 1 fully saturated rings. The summed E-state index contributed by atoms with van der Waals surface area (Å²) in [6.45, 7) is 4.73. The minimum atomic E-state index is -1.03. The summed E-state index contributed by atoms with van der Waals surface area (Å²) in [5.74, 6) is -1.38. The van der Waals surface area contributed by atoms with Crippen molar-refractivity contribution in [3.05, 3.63) is 35.1 Å². The molecule has 1 atom stereocenters. The van der Waals surface area contributed by atoms with Gasteiger partial charge in [0.15, 0.2) is 0 Å². The SMILES string of the molecule is CCOC1CCCN(Cc2cc(C(=O)O)ccc2F)C1. The van der Waals surface area contributed by atoms with Crippen LogP contribution in [-0.4, -0.2) is 41.8 Å². The summed E-state index contributed by atoms with van der Waals surface area (Å²) in [6.07, 6.45) is 2.24. The average Bonchev–Trinajstić information content (AvgIpc) is 2.42. The van der Waals surface area contributed by atoms with E-state index < -0.39 is 5.97 Å². The molecule has 1 aliphatic rings.